The van der Waals surface area contributed by atoms with Gasteiger partial charge < -0.3 is 10.1 Å². The zero-order chi connectivity index (χ0) is 20.1. The predicted octanol–water partition coefficient (Wildman–Crippen LogP) is 6.08. The van der Waals surface area contributed by atoms with Crippen molar-refractivity contribution in [3.63, 3.8) is 0 Å². The largest absolute Gasteiger partial charge is 0.497 e. The van der Waals surface area contributed by atoms with Crippen LogP contribution in [0.4, 0.5) is 35.0 Å². The summed E-state index contributed by atoms with van der Waals surface area (Å²) in [5.41, 5.74) is 0.323. The molecule has 3 rings (SSSR count). The number of alkyl halides is 3. The number of rotatable bonds is 4. The van der Waals surface area contributed by atoms with Crippen molar-refractivity contribution in [1.29, 1.82) is 0 Å². The summed E-state index contributed by atoms with van der Waals surface area (Å²) in [7, 11) is 1.53. The van der Waals surface area contributed by atoms with Crippen LogP contribution in [0.5, 0.6) is 5.75 Å². The summed E-state index contributed by atoms with van der Waals surface area (Å²) in [6.07, 6.45) is -4.49. The minimum absolute atomic E-state index is 0.0502. The molecule has 0 aliphatic rings. The molecule has 3 aromatic rings. The molecule has 0 bridgehead atoms. The van der Waals surface area contributed by atoms with Gasteiger partial charge in [0.2, 0.25) is 0 Å². The van der Waals surface area contributed by atoms with E-state index in [1.165, 1.54) is 24.1 Å². The van der Waals surface area contributed by atoms with Crippen molar-refractivity contribution in [3.05, 3.63) is 84.4 Å². The molecule has 0 unspecified atom stereocenters. The summed E-state index contributed by atoms with van der Waals surface area (Å²) in [6, 6.07) is 19.5. The van der Waals surface area contributed by atoms with Crippen LogP contribution in [-0.4, -0.2) is 13.1 Å². The van der Waals surface area contributed by atoms with Gasteiger partial charge in [-0.15, -0.1) is 0 Å². The van der Waals surface area contributed by atoms with Crippen LogP contribution in [0, 0.1) is 0 Å². The molecule has 0 aliphatic heterocycles. The standard InChI is InChI=1S/C21H17F3N2O2/c1-28-19-12-10-18(11-13-19)26(17-8-3-2-4-9-17)20(27)25-16-7-5-6-15(14-16)21(22,23)24/h2-14H,1H3,(H,25,27). The molecule has 0 heterocycles. The van der Waals surface area contributed by atoms with Crippen molar-refractivity contribution in [3.8, 4) is 5.75 Å². The summed E-state index contributed by atoms with van der Waals surface area (Å²) in [6.45, 7) is 0. The van der Waals surface area contributed by atoms with Gasteiger partial charge in [0.1, 0.15) is 5.75 Å². The van der Waals surface area contributed by atoms with Crippen molar-refractivity contribution in [2.24, 2.45) is 0 Å². The third kappa shape index (κ3) is 4.43. The molecular formula is C21H17F3N2O2. The molecule has 3 aromatic carbocycles. The minimum Gasteiger partial charge on any atom is -0.497 e. The average molecular weight is 386 g/mol. The van der Waals surface area contributed by atoms with Crippen LogP contribution in [0.15, 0.2) is 78.9 Å². The van der Waals surface area contributed by atoms with Gasteiger partial charge >= 0.3 is 12.2 Å². The Balaban J connectivity index is 1.93. The van der Waals surface area contributed by atoms with E-state index in [9.17, 15) is 18.0 Å². The molecular weight excluding hydrogens is 369 g/mol. The van der Waals surface area contributed by atoms with Crippen LogP contribution in [0.2, 0.25) is 0 Å². The topological polar surface area (TPSA) is 41.6 Å². The molecule has 0 fully saturated rings. The SMILES string of the molecule is COc1ccc(N(C(=O)Nc2cccc(C(F)(F)F)c2)c2ccccc2)cc1. The van der Waals surface area contributed by atoms with E-state index in [0.29, 0.717) is 17.1 Å². The van der Waals surface area contributed by atoms with Crippen LogP contribution in [0.25, 0.3) is 0 Å². The normalized spacial score (nSPS) is 11.0. The van der Waals surface area contributed by atoms with E-state index in [2.05, 4.69) is 5.32 Å². The van der Waals surface area contributed by atoms with Crippen molar-refractivity contribution >= 4 is 23.1 Å². The molecule has 4 nitrogen and oxygen atoms in total. The molecule has 0 saturated carbocycles. The zero-order valence-corrected chi connectivity index (χ0v) is 14.9. The first-order valence-corrected chi connectivity index (χ1v) is 8.36. The number of urea groups is 1. The number of nitrogens with one attached hydrogen (secondary N) is 1. The van der Waals surface area contributed by atoms with Gasteiger partial charge in [0.05, 0.1) is 24.0 Å². The lowest BCUT2D eigenvalue weighted by atomic mass is 10.2. The van der Waals surface area contributed by atoms with E-state index < -0.39 is 17.8 Å². The second-order valence-electron chi connectivity index (χ2n) is 5.88. The number of carbonyl (C=O) groups is 1. The Labute approximate surface area is 160 Å². The van der Waals surface area contributed by atoms with E-state index in [1.54, 1.807) is 54.6 Å². The number of ether oxygens (including phenoxy) is 1. The summed E-state index contributed by atoms with van der Waals surface area (Å²) in [5, 5.41) is 2.54. The van der Waals surface area contributed by atoms with Gasteiger partial charge in [0.25, 0.3) is 0 Å². The summed E-state index contributed by atoms with van der Waals surface area (Å²) in [5.74, 6) is 0.620. The predicted molar refractivity (Wildman–Crippen MR) is 102 cm³/mol. The highest BCUT2D eigenvalue weighted by Gasteiger charge is 2.30. The Kier molecular flexibility index (Phi) is 5.54. The number of halogens is 3. The quantitative estimate of drug-likeness (QED) is 0.590. The van der Waals surface area contributed by atoms with Gasteiger partial charge in [-0.2, -0.15) is 13.2 Å². The Morgan fingerprint density at radius 1 is 0.893 bits per heavy atom. The summed E-state index contributed by atoms with van der Waals surface area (Å²) >= 11 is 0. The van der Waals surface area contributed by atoms with E-state index in [1.807, 2.05) is 0 Å². The highest BCUT2D eigenvalue weighted by atomic mass is 19.4. The summed E-state index contributed by atoms with van der Waals surface area (Å²) in [4.78, 5) is 14.3. The monoisotopic (exact) mass is 386 g/mol. The van der Waals surface area contributed by atoms with Crippen LogP contribution in [-0.2, 0) is 6.18 Å². The maximum Gasteiger partial charge on any atom is 0.416 e. The van der Waals surface area contributed by atoms with E-state index in [-0.39, 0.29) is 5.69 Å². The second-order valence-corrected chi connectivity index (χ2v) is 5.88. The summed E-state index contributed by atoms with van der Waals surface area (Å²) < 4.78 is 43.9. The zero-order valence-electron chi connectivity index (χ0n) is 14.9. The first-order chi connectivity index (χ1) is 13.4. The van der Waals surface area contributed by atoms with Gasteiger partial charge in [-0.3, -0.25) is 4.90 Å². The van der Waals surface area contributed by atoms with Crippen molar-refractivity contribution in [2.75, 3.05) is 17.3 Å². The molecule has 28 heavy (non-hydrogen) atoms. The number of carbonyl (C=O) groups excluding carboxylic acids is 1. The third-order valence-corrected chi connectivity index (χ3v) is 3.99. The fourth-order valence-electron chi connectivity index (χ4n) is 2.64. The number of anilines is 3. The number of amides is 2. The Morgan fingerprint density at radius 3 is 2.14 bits per heavy atom. The van der Waals surface area contributed by atoms with Gasteiger partial charge in [-0.05, 0) is 54.6 Å². The average Bonchev–Trinajstić information content (AvgIpc) is 2.69. The van der Waals surface area contributed by atoms with Gasteiger partial charge in [-0.25, -0.2) is 4.79 Å². The van der Waals surface area contributed by atoms with Crippen molar-refractivity contribution in [1.82, 2.24) is 0 Å². The van der Waals surface area contributed by atoms with Gasteiger partial charge in [0.15, 0.2) is 0 Å². The smallest absolute Gasteiger partial charge is 0.416 e. The Bertz CT molecular complexity index is 942. The fourth-order valence-corrected chi connectivity index (χ4v) is 2.64. The van der Waals surface area contributed by atoms with E-state index in [4.69, 9.17) is 4.74 Å². The third-order valence-electron chi connectivity index (χ3n) is 3.99. The lowest BCUT2D eigenvalue weighted by molar-refractivity contribution is -0.137. The maximum absolute atomic E-state index is 12.9. The van der Waals surface area contributed by atoms with E-state index in [0.717, 1.165) is 12.1 Å². The van der Waals surface area contributed by atoms with Gasteiger partial charge in [0, 0.05) is 5.69 Å². The molecule has 0 atom stereocenters. The van der Waals surface area contributed by atoms with E-state index >= 15 is 0 Å². The highest BCUT2D eigenvalue weighted by Crippen LogP contribution is 2.32. The van der Waals surface area contributed by atoms with Crippen LogP contribution < -0.4 is 15.0 Å². The minimum atomic E-state index is -4.49. The Morgan fingerprint density at radius 2 is 1.54 bits per heavy atom. The molecule has 1 N–H and O–H groups in total. The molecule has 2 amide bonds. The lowest BCUT2D eigenvalue weighted by Crippen LogP contribution is -2.30. The molecule has 7 heteroatoms. The fraction of sp³-hybridized carbons (Fsp3) is 0.0952. The number of methoxy groups -OCH3 is 1. The van der Waals surface area contributed by atoms with Crippen LogP contribution in [0.1, 0.15) is 5.56 Å². The molecule has 0 aliphatic carbocycles. The van der Waals surface area contributed by atoms with Crippen LogP contribution >= 0.6 is 0 Å². The number of benzene rings is 3. The first kappa shape index (κ1) is 19.3. The number of hydrogen-bond donors (Lipinski definition) is 1. The van der Waals surface area contributed by atoms with Crippen LogP contribution in [0.3, 0.4) is 0 Å². The second kappa shape index (κ2) is 8.04. The lowest BCUT2D eigenvalue weighted by Gasteiger charge is -2.24. The molecule has 144 valence electrons. The maximum atomic E-state index is 12.9. The van der Waals surface area contributed by atoms with Gasteiger partial charge in [-0.1, -0.05) is 24.3 Å². The molecule has 0 saturated heterocycles. The Hall–Kier alpha value is -3.48. The molecule has 0 radical (unpaired) electrons. The number of nitrogens with zero attached hydrogens (tertiary/aromatic N) is 1. The first-order valence-electron chi connectivity index (χ1n) is 8.36. The number of para-hydroxylation sites is 1. The van der Waals surface area contributed by atoms with Crippen molar-refractivity contribution in [2.45, 2.75) is 6.18 Å². The van der Waals surface area contributed by atoms with Crippen molar-refractivity contribution < 1.29 is 22.7 Å². The molecule has 0 spiro atoms. The molecule has 0 aromatic heterocycles. The number of hydrogen-bond acceptors (Lipinski definition) is 2. The highest BCUT2D eigenvalue weighted by molar-refractivity contribution is 6.07.